The number of nitrogens with zero attached hydrogens (tertiary/aromatic N) is 4. The van der Waals surface area contributed by atoms with Crippen molar-refractivity contribution < 1.29 is 4.42 Å². The van der Waals surface area contributed by atoms with Crippen LogP contribution < -0.4 is 20.4 Å². The third-order valence-electron chi connectivity index (χ3n) is 5.92. The molecular formula is C23H28N6O. The third-order valence-corrected chi connectivity index (χ3v) is 5.92. The quantitative estimate of drug-likeness (QED) is 0.692. The lowest BCUT2D eigenvalue weighted by Gasteiger charge is -2.30. The van der Waals surface area contributed by atoms with Crippen LogP contribution in [0.15, 0.2) is 46.9 Å². The van der Waals surface area contributed by atoms with E-state index in [1.54, 1.807) is 0 Å². The maximum atomic E-state index is 6.01. The van der Waals surface area contributed by atoms with E-state index in [2.05, 4.69) is 80.0 Å². The van der Waals surface area contributed by atoms with Crippen LogP contribution in [0.4, 0.5) is 11.4 Å². The predicted octanol–water partition coefficient (Wildman–Crippen LogP) is 2.53. The third kappa shape index (κ3) is 3.91. The van der Waals surface area contributed by atoms with Gasteiger partial charge < -0.3 is 24.9 Å². The molecule has 3 aromatic rings. The van der Waals surface area contributed by atoms with Crippen molar-refractivity contribution in [2.24, 2.45) is 0 Å². The molecule has 0 atom stereocenters. The molecule has 0 unspecified atom stereocenters. The van der Waals surface area contributed by atoms with Gasteiger partial charge in [0.2, 0.25) is 11.8 Å². The van der Waals surface area contributed by atoms with Gasteiger partial charge in [-0.1, -0.05) is 0 Å². The van der Waals surface area contributed by atoms with E-state index in [0.29, 0.717) is 11.8 Å². The van der Waals surface area contributed by atoms with E-state index in [0.717, 1.165) is 63.5 Å². The Balaban J connectivity index is 1.33. The van der Waals surface area contributed by atoms with Crippen molar-refractivity contribution >= 4 is 11.4 Å². The van der Waals surface area contributed by atoms with E-state index in [9.17, 15) is 0 Å². The molecule has 0 radical (unpaired) electrons. The van der Waals surface area contributed by atoms with Crippen molar-refractivity contribution in [3.63, 3.8) is 0 Å². The number of piperazine rings is 2. The number of rotatable bonds is 4. The molecule has 1 aromatic heterocycles. The zero-order valence-corrected chi connectivity index (χ0v) is 17.4. The van der Waals surface area contributed by atoms with Gasteiger partial charge in [0.25, 0.3) is 0 Å². The average molecular weight is 405 g/mol. The Morgan fingerprint density at radius 3 is 1.93 bits per heavy atom. The van der Waals surface area contributed by atoms with Crippen molar-refractivity contribution in [1.82, 2.24) is 20.8 Å². The van der Waals surface area contributed by atoms with Crippen molar-refractivity contribution in [3.8, 4) is 22.9 Å². The summed E-state index contributed by atoms with van der Waals surface area (Å²) < 4.78 is 6.01. The second-order valence-corrected chi connectivity index (χ2v) is 7.93. The molecule has 2 saturated heterocycles. The fourth-order valence-corrected chi connectivity index (χ4v) is 4.24. The molecular weight excluding hydrogens is 376 g/mol. The minimum Gasteiger partial charge on any atom is -0.416 e. The van der Waals surface area contributed by atoms with Crippen LogP contribution in [-0.4, -0.2) is 62.6 Å². The molecule has 7 nitrogen and oxygen atoms in total. The smallest absolute Gasteiger partial charge is 0.248 e. The molecule has 0 amide bonds. The standard InChI is InChI=1S/C23H28N6O/c1-17-16-19(4-7-21(17)29-14-10-25-11-15-29)23-27-26-22(30-23)18-2-5-20(6-3-18)28-12-8-24-9-13-28/h2-7,16,24-25H,8-15H2,1H3. The highest BCUT2D eigenvalue weighted by Gasteiger charge is 2.16. The topological polar surface area (TPSA) is 69.5 Å². The Kier molecular flexibility index (Phi) is 5.38. The molecule has 5 rings (SSSR count). The fraction of sp³-hybridized carbons (Fsp3) is 0.391. The summed E-state index contributed by atoms with van der Waals surface area (Å²) in [4.78, 5) is 4.82. The molecule has 2 N–H and O–H groups in total. The highest BCUT2D eigenvalue weighted by molar-refractivity contribution is 5.65. The van der Waals surface area contributed by atoms with Crippen molar-refractivity contribution in [3.05, 3.63) is 48.0 Å². The van der Waals surface area contributed by atoms with E-state index in [-0.39, 0.29) is 0 Å². The molecule has 2 aliphatic heterocycles. The zero-order chi connectivity index (χ0) is 20.3. The van der Waals surface area contributed by atoms with E-state index in [4.69, 9.17) is 4.42 Å². The van der Waals surface area contributed by atoms with Crippen LogP contribution in [0.1, 0.15) is 5.56 Å². The number of anilines is 2. The van der Waals surface area contributed by atoms with Gasteiger partial charge in [0, 0.05) is 74.9 Å². The first-order valence-corrected chi connectivity index (χ1v) is 10.7. The molecule has 2 aliphatic rings. The van der Waals surface area contributed by atoms with Crippen LogP contribution in [0, 0.1) is 6.92 Å². The number of hydrogen-bond donors (Lipinski definition) is 2. The van der Waals surface area contributed by atoms with E-state index >= 15 is 0 Å². The summed E-state index contributed by atoms with van der Waals surface area (Å²) in [6, 6.07) is 14.8. The molecule has 0 saturated carbocycles. The van der Waals surface area contributed by atoms with Crippen molar-refractivity contribution in [1.29, 1.82) is 0 Å². The number of aromatic nitrogens is 2. The highest BCUT2D eigenvalue weighted by Crippen LogP contribution is 2.29. The molecule has 3 heterocycles. The lowest BCUT2D eigenvalue weighted by molar-refractivity contribution is 0.583. The molecule has 30 heavy (non-hydrogen) atoms. The number of aryl methyl sites for hydroxylation is 1. The van der Waals surface area contributed by atoms with Gasteiger partial charge in [0.1, 0.15) is 0 Å². The maximum Gasteiger partial charge on any atom is 0.248 e. The Labute approximate surface area is 177 Å². The summed E-state index contributed by atoms with van der Waals surface area (Å²) in [5.74, 6) is 1.12. The van der Waals surface area contributed by atoms with E-state index < -0.39 is 0 Å². The molecule has 0 bridgehead atoms. The number of nitrogens with one attached hydrogen (secondary N) is 2. The van der Waals surface area contributed by atoms with E-state index in [1.165, 1.54) is 16.9 Å². The van der Waals surface area contributed by atoms with Crippen LogP contribution in [0.2, 0.25) is 0 Å². The highest BCUT2D eigenvalue weighted by atomic mass is 16.4. The van der Waals surface area contributed by atoms with Crippen molar-refractivity contribution in [2.45, 2.75) is 6.92 Å². The summed E-state index contributed by atoms with van der Waals surface area (Å²) in [7, 11) is 0. The minimum absolute atomic E-state index is 0.556. The first-order valence-electron chi connectivity index (χ1n) is 10.7. The van der Waals surface area contributed by atoms with Gasteiger partial charge in [-0.25, -0.2) is 0 Å². The van der Waals surface area contributed by atoms with Crippen LogP contribution >= 0.6 is 0 Å². The summed E-state index contributed by atoms with van der Waals surface area (Å²) >= 11 is 0. The van der Waals surface area contributed by atoms with Crippen LogP contribution in [0.3, 0.4) is 0 Å². The molecule has 0 spiro atoms. The van der Waals surface area contributed by atoms with Crippen LogP contribution in [0.5, 0.6) is 0 Å². The van der Waals surface area contributed by atoms with Gasteiger partial charge in [-0.05, 0) is 55.0 Å². The molecule has 156 valence electrons. The fourth-order valence-electron chi connectivity index (χ4n) is 4.24. The minimum atomic E-state index is 0.556. The van der Waals surface area contributed by atoms with Gasteiger partial charge >= 0.3 is 0 Å². The second-order valence-electron chi connectivity index (χ2n) is 7.93. The first kappa shape index (κ1) is 19.1. The Bertz CT molecular complexity index is 987. The Morgan fingerprint density at radius 2 is 1.30 bits per heavy atom. The lowest BCUT2D eigenvalue weighted by atomic mass is 10.1. The van der Waals surface area contributed by atoms with Gasteiger partial charge in [0.15, 0.2) is 0 Å². The zero-order valence-electron chi connectivity index (χ0n) is 17.4. The first-order chi connectivity index (χ1) is 14.8. The SMILES string of the molecule is Cc1cc(-c2nnc(-c3ccc(N4CCNCC4)cc3)o2)ccc1N1CCNCC1. The molecule has 0 aliphatic carbocycles. The van der Waals surface area contributed by atoms with Crippen molar-refractivity contribution in [2.75, 3.05) is 62.2 Å². The summed E-state index contributed by atoms with van der Waals surface area (Å²) in [6.45, 7) is 10.4. The molecule has 7 heteroatoms. The second kappa shape index (κ2) is 8.45. The van der Waals surface area contributed by atoms with Crippen LogP contribution in [0.25, 0.3) is 22.9 Å². The van der Waals surface area contributed by atoms with Gasteiger partial charge in [-0.3, -0.25) is 0 Å². The Hall–Kier alpha value is -2.90. The summed E-state index contributed by atoms with van der Waals surface area (Å²) in [5, 5.41) is 15.4. The lowest BCUT2D eigenvalue weighted by Crippen LogP contribution is -2.43. The molecule has 2 fully saturated rings. The summed E-state index contributed by atoms with van der Waals surface area (Å²) in [6.07, 6.45) is 0. The largest absolute Gasteiger partial charge is 0.416 e. The van der Waals surface area contributed by atoms with Gasteiger partial charge in [-0.15, -0.1) is 10.2 Å². The van der Waals surface area contributed by atoms with Gasteiger partial charge in [0.05, 0.1) is 0 Å². The predicted molar refractivity (Wildman–Crippen MR) is 120 cm³/mol. The van der Waals surface area contributed by atoms with E-state index in [1.807, 2.05) is 0 Å². The van der Waals surface area contributed by atoms with Crippen LogP contribution in [-0.2, 0) is 0 Å². The molecule has 2 aromatic carbocycles. The monoisotopic (exact) mass is 404 g/mol. The maximum absolute atomic E-state index is 6.01. The average Bonchev–Trinajstić information content (AvgIpc) is 3.31. The normalized spacial score (nSPS) is 17.4. The van der Waals surface area contributed by atoms with Gasteiger partial charge in [-0.2, -0.15) is 0 Å². The Morgan fingerprint density at radius 1 is 0.733 bits per heavy atom. The summed E-state index contributed by atoms with van der Waals surface area (Å²) in [5.41, 5.74) is 5.65. The number of hydrogen-bond acceptors (Lipinski definition) is 7. The number of benzene rings is 2.